The summed E-state index contributed by atoms with van der Waals surface area (Å²) in [5.41, 5.74) is -0.936. The fourth-order valence-electron chi connectivity index (χ4n) is 2.87. The lowest BCUT2D eigenvalue weighted by Crippen LogP contribution is -2.47. The summed E-state index contributed by atoms with van der Waals surface area (Å²) in [6.45, 7) is 3.21. The molecule has 2 aliphatic heterocycles. The molecule has 0 aromatic carbocycles. The Morgan fingerprint density at radius 1 is 1.36 bits per heavy atom. The Balaban J connectivity index is 1.97. The third-order valence-electron chi connectivity index (χ3n) is 4.35. The van der Waals surface area contributed by atoms with Crippen molar-refractivity contribution in [2.45, 2.75) is 44.7 Å². The quantitative estimate of drug-likeness (QED) is 0.653. The number of urea groups is 1. The Morgan fingerprint density at radius 3 is 2.45 bits per heavy atom. The molecule has 2 aliphatic rings. The summed E-state index contributed by atoms with van der Waals surface area (Å²) in [7, 11) is -3.09. The van der Waals surface area contributed by atoms with Crippen molar-refractivity contribution >= 4 is 27.7 Å². The number of rotatable bonds is 5. The molecule has 8 nitrogen and oxygen atoms in total. The Bertz CT molecular complexity index is 597. The molecule has 2 rings (SSSR count). The summed E-state index contributed by atoms with van der Waals surface area (Å²) in [6, 6.07) is -1.02. The van der Waals surface area contributed by atoms with E-state index in [1.54, 1.807) is 13.8 Å². The normalized spacial score (nSPS) is 26.1. The van der Waals surface area contributed by atoms with Crippen molar-refractivity contribution in [3.05, 3.63) is 0 Å². The molecule has 0 radical (unpaired) electrons. The number of nitrogens with zero attached hydrogens (tertiary/aromatic N) is 1. The molecule has 1 atom stereocenters. The van der Waals surface area contributed by atoms with Gasteiger partial charge in [-0.05, 0) is 19.3 Å². The molecule has 0 bridgehead atoms. The zero-order valence-corrected chi connectivity index (χ0v) is 13.5. The van der Waals surface area contributed by atoms with E-state index < -0.39 is 39.3 Å². The smallest absolute Gasteiger partial charge is 0.325 e. The maximum atomic E-state index is 12.3. The fraction of sp³-hybridized carbons (Fsp3) is 0.769. The van der Waals surface area contributed by atoms with Crippen molar-refractivity contribution in [3.8, 4) is 0 Å². The van der Waals surface area contributed by atoms with Crippen LogP contribution in [0.25, 0.3) is 0 Å². The molecule has 1 unspecified atom stereocenters. The first-order valence-electron chi connectivity index (χ1n) is 7.37. The highest BCUT2D eigenvalue weighted by atomic mass is 32.2. The van der Waals surface area contributed by atoms with Crippen LogP contribution in [0, 0.1) is 0 Å². The monoisotopic (exact) mass is 331 g/mol. The Morgan fingerprint density at radius 2 is 2.00 bits per heavy atom. The summed E-state index contributed by atoms with van der Waals surface area (Å²) in [4.78, 5) is 37.1. The second kappa shape index (κ2) is 5.86. The van der Waals surface area contributed by atoms with Crippen molar-refractivity contribution < 1.29 is 22.8 Å². The average Bonchev–Trinajstić information content (AvgIpc) is 2.90. The number of carbonyl (C=O) groups is 3. The minimum Gasteiger partial charge on any atom is -0.351 e. The van der Waals surface area contributed by atoms with Gasteiger partial charge in [-0.25, -0.2) is 13.2 Å². The molecule has 2 N–H and O–H groups in total. The van der Waals surface area contributed by atoms with Crippen LogP contribution in [0.15, 0.2) is 0 Å². The molecule has 9 heteroatoms. The van der Waals surface area contributed by atoms with E-state index in [1.807, 2.05) is 0 Å². The van der Waals surface area contributed by atoms with Crippen LogP contribution in [0.3, 0.4) is 0 Å². The standard InChI is InChI=1S/C13H21N3O5S/c1-3-13(4-2)11(18)16(12(19)15-13)7-10(17)14-9-5-6-22(20,21)8-9/h9H,3-8H2,1-2H3,(H,14,17)(H,15,19). The number of hydrogen-bond donors (Lipinski definition) is 2. The highest BCUT2D eigenvalue weighted by Gasteiger charge is 2.49. The van der Waals surface area contributed by atoms with Gasteiger partial charge in [-0.3, -0.25) is 14.5 Å². The molecule has 0 spiro atoms. The molecule has 0 aliphatic carbocycles. The summed E-state index contributed by atoms with van der Waals surface area (Å²) >= 11 is 0. The lowest BCUT2D eigenvalue weighted by molar-refractivity contribution is -0.135. The first-order chi connectivity index (χ1) is 10.2. The Hall–Kier alpha value is -1.64. The second-order valence-corrected chi connectivity index (χ2v) is 8.01. The van der Waals surface area contributed by atoms with Gasteiger partial charge in [-0.2, -0.15) is 0 Å². The summed E-state index contributed by atoms with van der Waals surface area (Å²) in [5, 5.41) is 5.21. The van der Waals surface area contributed by atoms with E-state index in [-0.39, 0.29) is 18.1 Å². The van der Waals surface area contributed by atoms with E-state index in [0.717, 1.165) is 4.90 Å². The number of imide groups is 1. The summed E-state index contributed by atoms with van der Waals surface area (Å²) < 4.78 is 22.7. The van der Waals surface area contributed by atoms with Crippen molar-refractivity contribution in [1.29, 1.82) is 0 Å². The average molecular weight is 331 g/mol. The van der Waals surface area contributed by atoms with E-state index in [4.69, 9.17) is 0 Å². The van der Waals surface area contributed by atoms with Gasteiger partial charge >= 0.3 is 6.03 Å². The van der Waals surface area contributed by atoms with Gasteiger partial charge in [-0.1, -0.05) is 13.8 Å². The Kier molecular flexibility index (Phi) is 4.46. The summed E-state index contributed by atoms with van der Waals surface area (Å²) in [5.74, 6) is -0.965. The van der Waals surface area contributed by atoms with Crippen molar-refractivity contribution in [3.63, 3.8) is 0 Å². The SMILES string of the molecule is CCC1(CC)NC(=O)N(CC(=O)NC2CCS(=O)(=O)C2)C1=O. The van der Waals surface area contributed by atoms with Gasteiger partial charge < -0.3 is 10.6 Å². The number of nitrogens with one attached hydrogen (secondary N) is 2. The van der Waals surface area contributed by atoms with Crippen LogP contribution in [0.4, 0.5) is 4.79 Å². The number of carbonyl (C=O) groups excluding carboxylic acids is 3. The lowest BCUT2D eigenvalue weighted by atomic mass is 9.93. The van der Waals surface area contributed by atoms with Gasteiger partial charge in [0.15, 0.2) is 9.84 Å². The van der Waals surface area contributed by atoms with Crippen LogP contribution >= 0.6 is 0 Å². The minimum atomic E-state index is -3.09. The number of sulfone groups is 1. The topological polar surface area (TPSA) is 113 Å². The molecule has 124 valence electrons. The van der Waals surface area contributed by atoms with Gasteiger partial charge in [-0.15, -0.1) is 0 Å². The van der Waals surface area contributed by atoms with Crippen LogP contribution in [0.5, 0.6) is 0 Å². The van der Waals surface area contributed by atoms with E-state index in [1.165, 1.54) is 0 Å². The van der Waals surface area contributed by atoms with Crippen molar-refractivity contribution in [2.75, 3.05) is 18.1 Å². The Labute approximate surface area is 129 Å². The molecule has 4 amide bonds. The van der Waals surface area contributed by atoms with Crippen molar-refractivity contribution in [1.82, 2.24) is 15.5 Å². The van der Waals surface area contributed by atoms with Gasteiger partial charge in [0.05, 0.1) is 11.5 Å². The second-order valence-electron chi connectivity index (χ2n) is 5.78. The van der Waals surface area contributed by atoms with Crippen LogP contribution in [0.2, 0.25) is 0 Å². The molecular formula is C13H21N3O5S. The zero-order valence-electron chi connectivity index (χ0n) is 12.7. The lowest BCUT2D eigenvalue weighted by Gasteiger charge is -2.23. The van der Waals surface area contributed by atoms with Crippen LogP contribution in [-0.2, 0) is 19.4 Å². The largest absolute Gasteiger partial charge is 0.351 e. The summed E-state index contributed by atoms with van der Waals surface area (Å²) in [6.07, 6.45) is 1.27. The van der Waals surface area contributed by atoms with E-state index >= 15 is 0 Å². The van der Waals surface area contributed by atoms with Gasteiger partial charge in [0.1, 0.15) is 12.1 Å². The third-order valence-corrected chi connectivity index (χ3v) is 6.12. The van der Waals surface area contributed by atoms with Crippen molar-refractivity contribution in [2.24, 2.45) is 0 Å². The molecule has 22 heavy (non-hydrogen) atoms. The maximum absolute atomic E-state index is 12.3. The molecule has 0 saturated carbocycles. The zero-order chi connectivity index (χ0) is 16.5. The molecule has 2 saturated heterocycles. The van der Waals surface area contributed by atoms with Crippen LogP contribution < -0.4 is 10.6 Å². The first-order valence-corrected chi connectivity index (χ1v) is 9.19. The van der Waals surface area contributed by atoms with Gasteiger partial charge in [0.25, 0.3) is 5.91 Å². The number of hydrogen-bond acceptors (Lipinski definition) is 5. The first kappa shape index (κ1) is 16.7. The third kappa shape index (κ3) is 3.08. The molecule has 2 heterocycles. The molecular weight excluding hydrogens is 310 g/mol. The minimum absolute atomic E-state index is 0.0514. The molecule has 2 fully saturated rings. The predicted octanol–water partition coefficient (Wildman–Crippen LogP) is -0.600. The van der Waals surface area contributed by atoms with E-state index in [9.17, 15) is 22.8 Å². The molecule has 0 aromatic rings. The van der Waals surface area contributed by atoms with Crippen LogP contribution in [0.1, 0.15) is 33.1 Å². The maximum Gasteiger partial charge on any atom is 0.325 e. The van der Waals surface area contributed by atoms with Gasteiger partial charge in [0, 0.05) is 6.04 Å². The predicted molar refractivity (Wildman–Crippen MR) is 78.8 cm³/mol. The number of amides is 4. The van der Waals surface area contributed by atoms with Crippen LogP contribution in [-0.4, -0.2) is 60.8 Å². The molecule has 0 aromatic heterocycles. The van der Waals surface area contributed by atoms with Gasteiger partial charge in [0.2, 0.25) is 5.91 Å². The highest BCUT2D eigenvalue weighted by Crippen LogP contribution is 2.24. The highest BCUT2D eigenvalue weighted by molar-refractivity contribution is 7.91. The van der Waals surface area contributed by atoms with E-state index in [0.29, 0.717) is 19.3 Å². The fourth-order valence-corrected chi connectivity index (χ4v) is 4.55. The van der Waals surface area contributed by atoms with E-state index in [2.05, 4.69) is 10.6 Å².